The Morgan fingerprint density at radius 1 is 1.67 bits per heavy atom. The largest absolute Gasteiger partial charge is 0.293 e. The van der Waals surface area contributed by atoms with Gasteiger partial charge in [0.1, 0.15) is 5.69 Å². The number of rotatable bonds is 4. The van der Waals surface area contributed by atoms with Crippen LogP contribution < -0.4 is 0 Å². The van der Waals surface area contributed by atoms with Gasteiger partial charge in [0.25, 0.3) is 0 Å². The van der Waals surface area contributed by atoms with E-state index < -0.39 is 0 Å². The van der Waals surface area contributed by atoms with E-state index in [1.165, 1.54) is 12.8 Å². The standard InChI is InChI=1S/C12H18N2O/c1-4-8(2)14-12(9(3)15)7-11(13-14)10-5-6-10/h7-8,10H,4-6H2,1-3H3. The SMILES string of the molecule is CCC(C)n1nc(C2CC2)cc1C(C)=O. The van der Waals surface area contributed by atoms with Crippen molar-refractivity contribution in [3.05, 3.63) is 17.5 Å². The molecule has 1 aliphatic rings. The van der Waals surface area contributed by atoms with Gasteiger partial charge in [-0.3, -0.25) is 9.48 Å². The summed E-state index contributed by atoms with van der Waals surface area (Å²) in [5.74, 6) is 0.739. The van der Waals surface area contributed by atoms with E-state index in [2.05, 4.69) is 18.9 Å². The van der Waals surface area contributed by atoms with Crippen LogP contribution in [0.4, 0.5) is 0 Å². The maximum absolute atomic E-state index is 11.5. The van der Waals surface area contributed by atoms with Crippen LogP contribution in [-0.4, -0.2) is 15.6 Å². The van der Waals surface area contributed by atoms with E-state index in [0.29, 0.717) is 12.0 Å². The van der Waals surface area contributed by atoms with E-state index in [4.69, 9.17) is 0 Å². The molecule has 0 amide bonds. The van der Waals surface area contributed by atoms with Gasteiger partial charge in [-0.15, -0.1) is 0 Å². The fourth-order valence-electron chi connectivity index (χ4n) is 1.76. The summed E-state index contributed by atoms with van der Waals surface area (Å²) in [5, 5.41) is 4.56. The lowest BCUT2D eigenvalue weighted by Crippen LogP contribution is -2.12. The second-order valence-corrected chi connectivity index (χ2v) is 4.49. The summed E-state index contributed by atoms with van der Waals surface area (Å²) < 4.78 is 1.90. The fraction of sp³-hybridized carbons (Fsp3) is 0.667. The molecule has 1 aromatic rings. The summed E-state index contributed by atoms with van der Waals surface area (Å²) in [7, 11) is 0. The van der Waals surface area contributed by atoms with Crippen molar-refractivity contribution < 1.29 is 4.79 Å². The van der Waals surface area contributed by atoms with Crippen molar-refractivity contribution in [2.45, 2.75) is 52.0 Å². The molecule has 2 rings (SSSR count). The van der Waals surface area contributed by atoms with Gasteiger partial charge in [-0.25, -0.2) is 0 Å². The van der Waals surface area contributed by atoms with Gasteiger partial charge in [0, 0.05) is 18.9 Å². The minimum absolute atomic E-state index is 0.120. The van der Waals surface area contributed by atoms with E-state index in [1.807, 2.05) is 10.7 Å². The molecule has 0 aromatic carbocycles. The third kappa shape index (κ3) is 1.96. The lowest BCUT2D eigenvalue weighted by Gasteiger charge is -2.11. The maximum atomic E-state index is 11.5. The lowest BCUT2D eigenvalue weighted by atomic mass is 10.2. The summed E-state index contributed by atoms with van der Waals surface area (Å²) in [6.45, 7) is 5.84. The number of carbonyl (C=O) groups excluding carboxylic acids is 1. The topological polar surface area (TPSA) is 34.9 Å². The molecular formula is C12H18N2O. The molecule has 0 saturated heterocycles. The Morgan fingerprint density at radius 2 is 2.33 bits per heavy atom. The Morgan fingerprint density at radius 3 is 2.80 bits per heavy atom. The number of nitrogens with zero attached hydrogens (tertiary/aromatic N) is 2. The highest BCUT2D eigenvalue weighted by Gasteiger charge is 2.28. The van der Waals surface area contributed by atoms with Crippen molar-refractivity contribution in [2.24, 2.45) is 0 Å². The first-order valence-electron chi connectivity index (χ1n) is 5.73. The van der Waals surface area contributed by atoms with E-state index in [9.17, 15) is 4.79 Å². The summed E-state index contributed by atoms with van der Waals surface area (Å²) in [6, 6.07) is 2.29. The van der Waals surface area contributed by atoms with Gasteiger partial charge in [-0.2, -0.15) is 5.10 Å². The van der Waals surface area contributed by atoms with Gasteiger partial charge in [0.05, 0.1) is 5.69 Å². The second-order valence-electron chi connectivity index (χ2n) is 4.49. The molecule has 0 radical (unpaired) electrons. The average Bonchev–Trinajstić information content (AvgIpc) is 2.96. The zero-order valence-electron chi connectivity index (χ0n) is 9.66. The molecule has 1 aromatic heterocycles. The number of carbonyl (C=O) groups is 1. The molecule has 0 spiro atoms. The van der Waals surface area contributed by atoms with Crippen LogP contribution in [0, 0.1) is 0 Å². The van der Waals surface area contributed by atoms with Gasteiger partial charge < -0.3 is 0 Å². The number of Topliss-reactive ketones (excluding diaryl/α,β-unsaturated/α-hetero) is 1. The third-order valence-corrected chi connectivity index (χ3v) is 3.12. The third-order valence-electron chi connectivity index (χ3n) is 3.12. The Balaban J connectivity index is 2.36. The first-order chi connectivity index (χ1) is 7.13. The van der Waals surface area contributed by atoms with E-state index >= 15 is 0 Å². The van der Waals surface area contributed by atoms with Crippen LogP contribution in [0.5, 0.6) is 0 Å². The Kier molecular flexibility index (Phi) is 2.63. The monoisotopic (exact) mass is 206 g/mol. The highest BCUT2D eigenvalue weighted by molar-refractivity contribution is 5.92. The van der Waals surface area contributed by atoms with Crippen LogP contribution in [0.15, 0.2) is 6.07 Å². The van der Waals surface area contributed by atoms with E-state index in [-0.39, 0.29) is 5.78 Å². The summed E-state index contributed by atoms with van der Waals surface area (Å²) in [4.78, 5) is 11.5. The second kappa shape index (κ2) is 3.80. The zero-order valence-corrected chi connectivity index (χ0v) is 9.66. The molecule has 0 N–H and O–H groups in total. The minimum Gasteiger partial charge on any atom is -0.293 e. The molecule has 82 valence electrons. The van der Waals surface area contributed by atoms with Crippen molar-refractivity contribution >= 4 is 5.78 Å². The molecule has 1 aliphatic carbocycles. The molecule has 3 nitrogen and oxygen atoms in total. The fourth-order valence-corrected chi connectivity index (χ4v) is 1.76. The van der Waals surface area contributed by atoms with Crippen LogP contribution in [0.25, 0.3) is 0 Å². The molecule has 1 fully saturated rings. The molecule has 1 saturated carbocycles. The average molecular weight is 206 g/mol. The van der Waals surface area contributed by atoms with Crippen molar-refractivity contribution in [3.63, 3.8) is 0 Å². The maximum Gasteiger partial charge on any atom is 0.177 e. The van der Waals surface area contributed by atoms with Gasteiger partial charge in [0.2, 0.25) is 0 Å². The van der Waals surface area contributed by atoms with Crippen LogP contribution in [-0.2, 0) is 0 Å². The zero-order chi connectivity index (χ0) is 11.0. The summed E-state index contributed by atoms with van der Waals surface area (Å²) in [5.41, 5.74) is 1.88. The molecule has 0 aliphatic heterocycles. The molecule has 1 unspecified atom stereocenters. The highest BCUT2D eigenvalue weighted by Crippen LogP contribution is 2.39. The number of ketones is 1. The van der Waals surface area contributed by atoms with Crippen LogP contribution in [0.3, 0.4) is 0 Å². The van der Waals surface area contributed by atoms with Crippen molar-refractivity contribution in [2.75, 3.05) is 0 Å². The molecule has 1 heterocycles. The normalized spacial score (nSPS) is 17.8. The summed E-state index contributed by atoms with van der Waals surface area (Å²) >= 11 is 0. The van der Waals surface area contributed by atoms with Gasteiger partial charge in [0.15, 0.2) is 5.78 Å². The first kappa shape index (κ1) is 10.4. The van der Waals surface area contributed by atoms with Gasteiger partial charge >= 0.3 is 0 Å². The van der Waals surface area contributed by atoms with Gasteiger partial charge in [-0.05, 0) is 32.3 Å². The number of hydrogen-bond acceptors (Lipinski definition) is 2. The van der Waals surface area contributed by atoms with Crippen molar-refractivity contribution in [3.8, 4) is 0 Å². The number of aromatic nitrogens is 2. The Labute approximate surface area is 90.5 Å². The van der Waals surface area contributed by atoms with E-state index in [1.54, 1.807) is 6.92 Å². The van der Waals surface area contributed by atoms with Crippen molar-refractivity contribution in [1.29, 1.82) is 0 Å². The van der Waals surface area contributed by atoms with Gasteiger partial charge in [-0.1, -0.05) is 6.92 Å². The molecular weight excluding hydrogens is 188 g/mol. The lowest BCUT2D eigenvalue weighted by molar-refractivity contribution is 0.100. The molecule has 1 atom stereocenters. The predicted molar refractivity (Wildman–Crippen MR) is 59.2 cm³/mol. The van der Waals surface area contributed by atoms with Crippen LogP contribution >= 0.6 is 0 Å². The predicted octanol–water partition coefficient (Wildman–Crippen LogP) is 2.93. The smallest absolute Gasteiger partial charge is 0.177 e. The summed E-state index contributed by atoms with van der Waals surface area (Å²) in [6.07, 6.45) is 3.47. The minimum atomic E-state index is 0.120. The quantitative estimate of drug-likeness (QED) is 0.710. The molecule has 0 bridgehead atoms. The number of hydrogen-bond donors (Lipinski definition) is 0. The van der Waals surface area contributed by atoms with Crippen LogP contribution in [0.2, 0.25) is 0 Å². The highest BCUT2D eigenvalue weighted by atomic mass is 16.1. The molecule has 15 heavy (non-hydrogen) atoms. The first-order valence-corrected chi connectivity index (χ1v) is 5.73. The Bertz CT molecular complexity index is 377. The van der Waals surface area contributed by atoms with Crippen molar-refractivity contribution in [1.82, 2.24) is 9.78 Å². The van der Waals surface area contributed by atoms with Crippen LogP contribution in [0.1, 0.15) is 68.2 Å². The van der Waals surface area contributed by atoms with E-state index in [0.717, 1.165) is 17.8 Å². The molecule has 3 heteroatoms. The Hall–Kier alpha value is -1.12.